The van der Waals surface area contributed by atoms with E-state index in [1.165, 1.54) is 5.56 Å². The van der Waals surface area contributed by atoms with Crippen LogP contribution in [0, 0.1) is 0 Å². The van der Waals surface area contributed by atoms with E-state index in [9.17, 15) is 0 Å². The zero-order valence-corrected chi connectivity index (χ0v) is 15.5. The van der Waals surface area contributed by atoms with E-state index in [4.69, 9.17) is 21.7 Å². The van der Waals surface area contributed by atoms with Crippen molar-refractivity contribution >= 4 is 17.3 Å². The number of nitrogens with one attached hydrogen (secondary N) is 1. The second kappa shape index (κ2) is 8.21. The van der Waals surface area contributed by atoms with Crippen LogP contribution in [0.2, 0.25) is 0 Å². The zero-order valence-electron chi connectivity index (χ0n) is 14.7. The van der Waals surface area contributed by atoms with Crippen LogP contribution in [0.5, 0.6) is 11.5 Å². The lowest BCUT2D eigenvalue weighted by molar-refractivity contribution is 0.357. The highest BCUT2D eigenvalue weighted by Crippen LogP contribution is 2.38. The molecule has 4 nitrogen and oxygen atoms in total. The number of likely N-dealkylation sites (tertiary alicyclic amines) is 1. The van der Waals surface area contributed by atoms with Crippen molar-refractivity contribution in [2.75, 3.05) is 20.8 Å². The van der Waals surface area contributed by atoms with Gasteiger partial charge in [-0.1, -0.05) is 30.3 Å². The van der Waals surface area contributed by atoms with E-state index < -0.39 is 0 Å². The summed E-state index contributed by atoms with van der Waals surface area (Å²) < 4.78 is 11.0. The monoisotopic (exact) mass is 356 g/mol. The van der Waals surface area contributed by atoms with Gasteiger partial charge in [0.2, 0.25) is 0 Å². The van der Waals surface area contributed by atoms with Gasteiger partial charge in [-0.15, -0.1) is 0 Å². The van der Waals surface area contributed by atoms with E-state index in [0.29, 0.717) is 0 Å². The molecule has 132 valence electrons. The summed E-state index contributed by atoms with van der Waals surface area (Å²) in [5.41, 5.74) is 2.35. The lowest BCUT2D eigenvalue weighted by Crippen LogP contribution is -2.39. The van der Waals surface area contributed by atoms with Gasteiger partial charge in [0.25, 0.3) is 0 Å². The zero-order chi connectivity index (χ0) is 17.6. The van der Waals surface area contributed by atoms with Crippen molar-refractivity contribution in [1.29, 1.82) is 0 Å². The maximum absolute atomic E-state index is 5.67. The second-order valence-corrected chi connectivity index (χ2v) is 6.49. The van der Waals surface area contributed by atoms with Crippen molar-refractivity contribution in [3.63, 3.8) is 0 Å². The molecule has 0 bridgehead atoms. The number of methoxy groups -OCH3 is 2. The molecule has 1 aliphatic heterocycles. The van der Waals surface area contributed by atoms with Gasteiger partial charge in [0.05, 0.1) is 20.3 Å². The number of nitrogens with zero attached hydrogens (tertiary/aromatic N) is 1. The predicted octanol–water partition coefficient (Wildman–Crippen LogP) is 3.92. The first-order chi connectivity index (χ1) is 12.2. The maximum atomic E-state index is 5.67. The molecule has 0 aromatic heterocycles. The Kier molecular flexibility index (Phi) is 5.76. The molecule has 2 aromatic rings. The molecule has 1 aliphatic rings. The van der Waals surface area contributed by atoms with Crippen molar-refractivity contribution in [2.45, 2.75) is 25.4 Å². The molecule has 0 aliphatic carbocycles. The third kappa shape index (κ3) is 4.04. The topological polar surface area (TPSA) is 33.7 Å². The Hall–Kier alpha value is -2.27. The SMILES string of the molecule is COc1ccc(OC)c([C@@H]2CCCN2C(=S)NCc2ccccc2)c1. The lowest BCUT2D eigenvalue weighted by atomic mass is 10.0. The van der Waals surface area contributed by atoms with Crippen LogP contribution in [-0.2, 0) is 6.54 Å². The number of ether oxygens (including phenoxy) is 2. The highest BCUT2D eigenvalue weighted by molar-refractivity contribution is 7.80. The van der Waals surface area contributed by atoms with Crippen LogP contribution < -0.4 is 14.8 Å². The second-order valence-electron chi connectivity index (χ2n) is 6.10. The first-order valence-corrected chi connectivity index (χ1v) is 8.94. The van der Waals surface area contributed by atoms with Gasteiger partial charge in [-0.05, 0) is 48.8 Å². The molecule has 1 heterocycles. The molecule has 1 N–H and O–H groups in total. The summed E-state index contributed by atoms with van der Waals surface area (Å²) >= 11 is 5.67. The number of thiocarbonyl (C=S) groups is 1. The molecule has 5 heteroatoms. The minimum atomic E-state index is 0.209. The molecule has 1 fully saturated rings. The number of rotatable bonds is 5. The van der Waals surface area contributed by atoms with Crippen LogP contribution in [-0.4, -0.2) is 30.8 Å². The molecule has 1 atom stereocenters. The fraction of sp³-hybridized carbons (Fsp3) is 0.350. The van der Waals surface area contributed by atoms with E-state index in [0.717, 1.165) is 48.1 Å². The third-order valence-corrected chi connectivity index (χ3v) is 4.97. The average molecular weight is 356 g/mol. The lowest BCUT2D eigenvalue weighted by Gasteiger charge is -2.29. The van der Waals surface area contributed by atoms with Crippen molar-refractivity contribution in [3.8, 4) is 11.5 Å². The van der Waals surface area contributed by atoms with Crippen molar-refractivity contribution in [2.24, 2.45) is 0 Å². The largest absolute Gasteiger partial charge is 0.497 e. The first-order valence-electron chi connectivity index (χ1n) is 8.53. The van der Waals surface area contributed by atoms with Crippen molar-refractivity contribution in [3.05, 3.63) is 59.7 Å². The number of hydrogen-bond acceptors (Lipinski definition) is 3. The molecule has 3 rings (SSSR count). The van der Waals surface area contributed by atoms with E-state index >= 15 is 0 Å². The van der Waals surface area contributed by atoms with Crippen LogP contribution in [0.4, 0.5) is 0 Å². The first kappa shape index (κ1) is 17.5. The molecular formula is C20H24N2O2S. The van der Waals surface area contributed by atoms with Crippen LogP contribution >= 0.6 is 12.2 Å². The van der Waals surface area contributed by atoms with Gasteiger partial charge in [0.15, 0.2) is 5.11 Å². The van der Waals surface area contributed by atoms with Crippen LogP contribution in [0.25, 0.3) is 0 Å². The minimum absolute atomic E-state index is 0.209. The number of benzene rings is 2. The molecule has 25 heavy (non-hydrogen) atoms. The minimum Gasteiger partial charge on any atom is -0.497 e. The van der Waals surface area contributed by atoms with E-state index in [2.05, 4.69) is 28.4 Å². The summed E-state index contributed by atoms with van der Waals surface area (Å²) in [5, 5.41) is 4.18. The van der Waals surface area contributed by atoms with Gasteiger partial charge in [-0.25, -0.2) is 0 Å². The summed E-state index contributed by atoms with van der Waals surface area (Å²) in [4.78, 5) is 2.26. The van der Waals surface area contributed by atoms with E-state index in [1.54, 1.807) is 14.2 Å². The van der Waals surface area contributed by atoms with Gasteiger partial charge in [0.1, 0.15) is 11.5 Å². The quantitative estimate of drug-likeness (QED) is 0.822. The molecule has 0 amide bonds. The summed E-state index contributed by atoms with van der Waals surface area (Å²) in [6.07, 6.45) is 2.16. The van der Waals surface area contributed by atoms with Crippen molar-refractivity contribution < 1.29 is 9.47 Å². The molecular weight excluding hydrogens is 332 g/mol. The standard InChI is InChI=1S/C20H24N2O2S/c1-23-16-10-11-19(24-2)17(13-16)18-9-6-12-22(18)20(25)21-14-15-7-4-3-5-8-15/h3-5,7-8,10-11,13,18H,6,9,12,14H2,1-2H3,(H,21,25)/t18-/m0/s1. The molecule has 2 aromatic carbocycles. The molecule has 0 radical (unpaired) electrons. The normalized spacial score (nSPS) is 16.6. The smallest absolute Gasteiger partial charge is 0.169 e. The van der Waals surface area contributed by atoms with Gasteiger partial charge < -0.3 is 19.7 Å². The average Bonchev–Trinajstić information content (AvgIpc) is 3.16. The fourth-order valence-electron chi connectivity index (χ4n) is 3.31. The number of hydrogen-bond donors (Lipinski definition) is 1. The predicted molar refractivity (Wildman–Crippen MR) is 104 cm³/mol. The Morgan fingerprint density at radius 1 is 1.16 bits per heavy atom. The summed E-state index contributed by atoms with van der Waals surface area (Å²) in [7, 11) is 3.39. The summed E-state index contributed by atoms with van der Waals surface area (Å²) in [6, 6.07) is 16.5. The highest BCUT2D eigenvalue weighted by Gasteiger charge is 2.30. The maximum Gasteiger partial charge on any atom is 0.169 e. The van der Waals surface area contributed by atoms with Gasteiger partial charge in [0, 0.05) is 18.7 Å². The van der Waals surface area contributed by atoms with E-state index in [-0.39, 0.29) is 6.04 Å². The van der Waals surface area contributed by atoms with Gasteiger partial charge in [-0.2, -0.15) is 0 Å². The van der Waals surface area contributed by atoms with Crippen LogP contribution in [0.15, 0.2) is 48.5 Å². The molecule has 1 saturated heterocycles. The summed E-state index contributed by atoms with van der Waals surface area (Å²) in [6.45, 7) is 1.68. The van der Waals surface area contributed by atoms with Crippen molar-refractivity contribution in [1.82, 2.24) is 10.2 Å². The molecule has 0 unspecified atom stereocenters. The van der Waals surface area contributed by atoms with Gasteiger partial charge in [-0.3, -0.25) is 0 Å². The molecule has 0 spiro atoms. The Labute approximate surface area is 154 Å². The highest BCUT2D eigenvalue weighted by atomic mass is 32.1. The Bertz CT molecular complexity index is 721. The van der Waals surface area contributed by atoms with Crippen LogP contribution in [0.3, 0.4) is 0 Å². The van der Waals surface area contributed by atoms with Crippen LogP contribution in [0.1, 0.15) is 30.0 Å². The fourth-order valence-corrected chi connectivity index (χ4v) is 3.60. The third-order valence-electron chi connectivity index (χ3n) is 4.60. The molecule has 0 saturated carbocycles. The Morgan fingerprint density at radius 2 is 1.96 bits per heavy atom. The van der Waals surface area contributed by atoms with Gasteiger partial charge >= 0.3 is 0 Å². The van der Waals surface area contributed by atoms with E-state index in [1.807, 2.05) is 30.3 Å². The Balaban J connectivity index is 1.75. The summed E-state index contributed by atoms with van der Waals surface area (Å²) in [5.74, 6) is 1.72. The Morgan fingerprint density at radius 3 is 2.68 bits per heavy atom.